The molecule has 0 saturated carbocycles. The molecular formula is C3H8O4P+. The molecule has 0 radical (unpaired) electrons. The normalized spacial score (nSPS) is 17.5. The second-order valence-corrected chi connectivity index (χ2v) is 1.85. The van der Waals surface area contributed by atoms with Crippen molar-refractivity contribution >= 4 is 8.25 Å². The van der Waals surface area contributed by atoms with Crippen LogP contribution in [0.15, 0.2) is 0 Å². The summed E-state index contributed by atoms with van der Waals surface area (Å²) in [7, 11) is -0.715. The van der Waals surface area contributed by atoms with E-state index in [-0.39, 0.29) is 0 Å². The van der Waals surface area contributed by atoms with Crippen LogP contribution in [0.25, 0.3) is 0 Å². The zero-order chi connectivity index (χ0) is 6.41. The van der Waals surface area contributed by atoms with Crippen LogP contribution < -0.4 is 0 Å². The molecule has 1 rings (SSSR count). The molecule has 1 aliphatic rings. The lowest BCUT2D eigenvalue weighted by Gasteiger charge is -1.56. The Morgan fingerprint density at radius 3 is 1.88 bits per heavy atom. The first kappa shape index (κ1) is 7.98. The molecule has 0 atom stereocenters. The Morgan fingerprint density at radius 2 is 1.75 bits per heavy atom. The molecule has 1 saturated heterocycles. The Labute approximate surface area is 48.4 Å². The van der Waals surface area contributed by atoms with E-state index < -0.39 is 8.25 Å². The second kappa shape index (κ2) is 5.12. The van der Waals surface area contributed by atoms with E-state index in [0.29, 0.717) is 13.2 Å². The quantitative estimate of drug-likeness (QED) is 0.490. The van der Waals surface area contributed by atoms with Crippen LogP contribution in [0.4, 0.5) is 0 Å². The fourth-order valence-corrected chi connectivity index (χ4v) is 0.783. The van der Waals surface area contributed by atoms with Gasteiger partial charge in [-0.25, -0.2) is 0 Å². The lowest BCUT2D eigenvalue weighted by Crippen LogP contribution is -1.79. The van der Waals surface area contributed by atoms with Crippen LogP contribution in [0.5, 0.6) is 0 Å². The molecule has 0 spiro atoms. The van der Waals surface area contributed by atoms with Crippen molar-refractivity contribution in [2.45, 2.75) is 0 Å². The van der Waals surface area contributed by atoms with Gasteiger partial charge in [0, 0.05) is 11.7 Å². The average molecular weight is 139 g/mol. The van der Waals surface area contributed by atoms with Gasteiger partial charge in [-0.2, -0.15) is 0 Å². The second-order valence-electron chi connectivity index (χ2n) is 0.890. The Bertz CT molecular complexity index is 65.7. The third-order valence-electron chi connectivity index (χ3n) is 0.477. The SMILES string of the molecule is CO.O=[P+]1OCCO1. The van der Waals surface area contributed by atoms with Crippen molar-refractivity contribution in [2.24, 2.45) is 0 Å². The standard InChI is InChI=1S/C2H4O3P.CH4O/c3-6-4-1-2-5-6;1-2/h1-2H2;2H,1H3/q+1;. The summed E-state index contributed by atoms with van der Waals surface area (Å²) in [5, 5.41) is 7.00. The van der Waals surface area contributed by atoms with Crippen molar-refractivity contribution in [1.29, 1.82) is 0 Å². The van der Waals surface area contributed by atoms with Gasteiger partial charge in [0.2, 0.25) is 0 Å². The van der Waals surface area contributed by atoms with E-state index in [1.54, 1.807) is 0 Å². The average Bonchev–Trinajstić information content (AvgIpc) is 2.24. The lowest BCUT2D eigenvalue weighted by molar-refractivity contribution is 0.365. The predicted octanol–water partition coefficient (Wildman–Crippen LogP) is 0.299. The molecule has 1 N–H and O–H groups in total. The molecule has 0 bridgehead atoms. The molecule has 8 heavy (non-hydrogen) atoms. The van der Waals surface area contributed by atoms with Crippen molar-refractivity contribution < 1.29 is 18.7 Å². The van der Waals surface area contributed by atoms with Gasteiger partial charge >= 0.3 is 8.25 Å². The van der Waals surface area contributed by atoms with Crippen LogP contribution in [-0.2, 0) is 13.6 Å². The highest BCUT2D eigenvalue weighted by Gasteiger charge is 2.26. The molecule has 0 aromatic carbocycles. The van der Waals surface area contributed by atoms with Crippen molar-refractivity contribution in [3.63, 3.8) is 0 Å². The van der Waals surface area contributed by atoms with Gasteiger partial charge in [0.05, 0.1) is 0 Å². The van der Waals surface area contributed by atoms with E-state index in [9.17, 15) is 4.57 Å². The van der Waals surface area contributed by atoms with Crippen LogP contribution in [0.1, 0.15) is 0 Å². The predicted molar refractivity (Wildman–Crippen MR) is 27.7 cm³/mol. The highest BCUT2D eigenvalue weighted by atomic mass is 31.1. The Hall–Kier alpha value is -0.0200. The summed E-state index contributed by atoms with van der Waals surface area (Å²) in [5.74, 6) is 0. The van der Waals surface area contributed by atoms with Gasteiger partial charge in [-0.05, 0) is 0 Å². The van der Waals surface area contributed by atoms with Gasteiger partial charge in [-0.1, -0.05) is 0 Å². The lowest BCUT2D eigenvalue weighted by atomic mass is 10.8. The van der Waals surface area contributed by atoms with Gasteiger partial charge in [-0.3, -0.25) is 0 Å². The zero-order valence-corrected chi connectivity index (χ0v) is 5.43. The first-order valence-corrected chi connectivity index (χ1v) is 3.17. The molecule has 4 nitrogen and oxygen atoms in total. The molecular weight excluding hydrogens is 131 g/mol. The van der Waals surface area contributed by atoms with Gasteiger partial charge < -0.3 is 5.11 Å². The number of aliphatic hydroxyl groups excluding tert-OH is 1. The highest BCUT2D eigenvalue weighted by molar-refractivity contribution is 7.33. The molecule has 1 heterocycles. The minimum absolute atomic E-state index is 0.481. The van der Waals surface area contributed by atoms with E-state index in [1.165, 1.54) is 0 Å². The molecule has 48 valence electrons. The summed E-state index contributed by atoms with van der Waals surface area (Å²) >= 11 is 0. The fraction of sp³-hybridized carbons (Fsp3) is 1.00. The monoisotopic (exact) mass is 139 g/mol. The maximum atomic E-state index is 9.95. The van der Waals surface area contributed by atoms with E-state index in [0.717, 1.165) is 7.11 Å². The third kappa shape index (κ3) is 3.04. The van der Waals surface area contributed by atoms with Gasteiger partial charge in [0.25, 0.3) is 0 Å². The highest BCUT2D eigenvalue weighted by Crippen LogP contribution is 2.27. The van der Waals surface area contributed by atoms with Crippen LogP contribution in [-0.4, -0.2) is 25.4 Å². The van der Waals surface area contributed by atoms with E-state index in [2.05, 4.69) is 9.05 Å². The van der Waals surface area contributed by atoms with Crippen LogP contribution in [0.2, 0.25) is 0 Å². The molecule has 0 aromatic heterocycles. The minimum Gasteiger partial charge on any atom is -0.400 e. The summed E-state index contributed by atoms with van der Waals surface area (Å²) in [6.07, 6.45) is 0. The number of aliphatic hydroxyl groups is 1. The molecule has 0 unspecified atom stereocenters. The maximum Gasteiger partial charge on any atom is 0.697 e. The van der Waals surface area contributed by atoms with E-state index in [1.807, 2.05) is 0 Å². The van der Waals surface area contributed by atoms with Crippen molar-refractivity contribution in [1.82, 2.24) is 0 Å². The van der Waals surface area contributed by atoms with Crippen LogP contribution in [0.3, 0.4) is 0 Å². The zero-order valence-electron chi connectivity index (χ0n) is 4.53. The molecule has 0 aliphatic carbocycles. The Balaban J connectivity index is 0.000000222. The van der Waals surface area contributed by atoms with Crippen molar-refractivity contribution in [2.75, 3.05) is 20.3 Å². The Kier molecular flexibility index (Phi) is 5.11. The molecule has 1 aliphatic heterocycles. The maximum absolute atomic E-state index is 9.95. The first-order chi connectivity index (χ1) is 3.89. The van der Waals surface area contributed by atoms with Crippen molar-refractivity contribution in [3.8, 4) is 0 Å². The number of hydrogen-bond donors (Lipinski definition) is 1. The van der Waals surface area contributed by atoms with Crippen LogP contribution >= 0.6 is 8.25 Å². The van der Waals surface area contributed by atoms with Crippen molar-refractivity contribution in [3.05, 3.63) is 0 Å². The topological polar surface area (TPSA) is 55.8 Å². The molecule has 0 aromatic rings. The summed E-state index contributed by atoms with van der Waals surface area (Å²) in [4.78, 5) is 0. The van der Waals surface area contributed by atoms with Gasteiger partial charge in [0.15, 0.2) is 0 Å². The fourth-order valence-electron chi connectivity index (χ4n) is 0.261. The summed E-state index contributed by atoms with van der Waals surface area (Å²) < 4.78 is 18.8. The van der Waals surface area contributed by atoms with Gasteiger partial charge in [-0.15, -0.1) is 9.05 Å². The summed E-state index contributed by atoms with van der Waals surface area (Å²) in [6, 6.07) is 0. The Morgan fingerprint density at radius 1 is 1.38 bits per heavy atom. The smallest absolute Gasteiger partial charge is 0.400 e. The third-order valence-corrected chi connectivity index (χ3v) is 1.26. The largest absolute Gasteiger partial charge is 0.697 e. The number of rotatable bonds is 0. The van der Waals surface area contributed by atoms with Crippen LogP contribution in [0, 0.1) is 0 Å². The van der Waals surface area contributed by atoms with Gasteiger partial charge in [0.1, 0.15) is 13.2 Å². The van der Waals surface area contributed by atoms with E-state index in [4.69, 9.17) is 5.11 Å². The summed E-state index contributed by atoms with van der Waals surface area (Å²) in [5.41, 5.74) is 0. The molecule has 5 heteroatoms. The van der Waals surface area contributed by atoms with E-state index >= 15 is 0 Å². The molecule has 0 amide bonds. The number of hydrogen-bond acceptors (Lipinski definition) is 4. The minimum atomic E-state index is -1.72. The first-order valence-electron chi connectivity index (χ1n) is 2.07. The molecule has 1 fully saturated rings. The summed E-state index contributed by atoms with van der Waals surface area (Å²) in [6.45, 7) is 0.963.